The third kappa shape index (κ3) is 6.26. The average Bonchev–Trinajstić information content (AvgIpc) is 2.75. The number of thioether (sulfide) groups is 1. The van der Waals surface area contributed by atoms with E-state index in [0.29, 0.717) is 27.7 Å². The molecule has 1 unspecified atom stereocenters. The van der Waals surface area contributed by atoms with Crippen LogP contribution in [0.5, 0.6) is 5.75 Å². The second kappa shape index (κ2) is 10.4. The molecule has 0 fully saturated rings. The number of rotatable bonds is 7. The molecular formula is C24H23ClN2O3S. The van der Waals surface area contributed by atoms with Crippen molar-refractivity contribution in [1.29, 1.82) is 0 Å². The van der Waals surface area contributed by atoms with Crippen molar-refractivity contribution >= 4 is 46.6 Å². The van der Waals surface area contributed by atoms with Gasteiger partial charge in [-0.15, -0.1) is 11.8 Å². The number of carbonyl (C=O) groups is 2. The Labute approximate surface area is 191 Å². The quantitative estimate of drug-likeness (QED) is 0.428. The predicted octanol–water partition coefficient (Wildman–Crippen LogP) is 6.03. The topological polar surface area (TPSA) is 67.4 Å². The highest BCUT2D eigenvalue weighted by Crippen LogP contribution is 2.29. The summed E-state index contributed by atoms with van der Waals surface area (Å²) in [6, 6.07) is 19.9. The van der Waals surface area contributed by atoms with Gasteiger partial charge < -0.3 is 15.4 Å². The zero-order valence-corrected chi connectivity index (χ0v) is 19.0. The Morgan fingerprint density at radius 1 is 0.968 bits per heavy atom. The summed E-state index contributed by atoms with van der Waals surface area (Å²) < 4.78 is 5.12. The van der Waals surface area contributed by atoms with Gasteiger partial charge in [0.25, 0.3) is 5.91 Å². The first-order valence-corrected chi connectivity index (χ1v) is 10.9. The molecule has 3 aromatic rings. The van der Waals surface area contributed by atoms with Gasteiger partial charge in [-0.2, -0.15) is 0 Å². The van der Waals surface area contributed by atoms with Crippen molar-refractivity contribution in [2.45, 2.75) is 24.0 Å². The Balaban J connectivity index is 1.56. The average molecular weight is 455 g/mol. The molecule has 5 nitrogen and oxygen atoms in total. The van der Waals surface area contributed by atoms with Gasteiger partial charge in [-0.05, 0) is 68.4 Å². The van der Waals surface area contributed by atoms with E-state index in [-0.39, 0.29) is 17.1 Å². The number of methoxy groups -OCH3 is 1. The number of aryl methyl sites for hydroxylation is 1. The number of anilines is 2. The SMILES string of the molecule is COc1ccc(NC(=O)C(C)Sc2ccc(NC(=O)c3cccc(C)c3)cc2)cc1Cl. The van der Waals surface area contributed by atoms with E-state index in [9.17, 15) is 9.59 Å². The number of hydrogen-bond acceptors (Lipinski definition) is 4. The molecule has 0 aliphatic carbocycles. The number of nitrogens with one attached hydrogen (secondary N) is 2. The van der Waals surface area contributed by atoms with Gasteiger partial charge >= 0.3 is 0 Å². The van der Waals surface area contributed by atoms with Crippen molar-refractivity contribution in [2.75, 3.05) is 17.7 Å². The van der Waals surface area contributed by atoms with Crippen LogP contribution in [-0.4, -0.2) is 24.2 Å². The Morgan fingerprint density at radius 3 is 2.32 bits per heavy atom. The third-order valence-electron chi connectivity index (χ3n) is 4.49. The van der Waals surface area contributed by atoms with Gasteiger partial charge in [0.2, 0.25) is 5.91 Å². The maximum absolute atomic E-state index is 12.5. The molecule has 160 valence electrons. The lowest BCUT2D eigenvalue weighted by Gasteiger charge is -2.13. The van der Waals surface area contributed by atoms with Crippen molar-refractivity contribution in [3.05, 3.63) is 82.9 Å². The Hall–Kier alpha value is -2.96. The minimum Gasteiger partial charge on any atom is -0.495 e. The standard InChI is InChI=1S/C24H23ClN2O3S/c1-15-5-4-6-17(13-15)24(29)26-18-7-10-20(11-8-18)31-16(2)23(28)27-19-9-12-22(30-3)21(25)14-19/h4-14,16H,1-3H3,(H,26,29)(H,27,28). The molecule has 0 aliphatic rings. The number of halogens is 1. The van der Waals surface area contributed by atoms with Crippen molar-refractivity contribution in [3.63, 3.8) is 0 Å². The van der Waals surface area contributed by atoms with Crippen LogP contribution in [0.1, 0.15) is 22.8 Å². The molecule has 2 N–H and O–H groups in total. The van der Waals surface area contributed by atoms with Crippen molar-refractivity contribution < 1.29 is 14.3 Å². The lowest BCUT2D eigenvalue weighted by atomic mass is 10.1. The van der Waals surface area contributed by atoms with Crippen LogP contribution < -0.4 is 15.4 Å². The van der Waals surface area contributed by atoms with Crippen LogP contribution in [-0.2, 0) is 4.79 Å². The van der Waals surface area contributed by atoms with Crippen LogP contribution in [0, 0.1) is 6.92 Å². The molecule has 0 saturated heterocycles. The number of hydrogen-bond donors (Lipinski definition) is 2. The minimum absolute atomic E-state index is 0.136. The zero-order chi connectivity index (χ0) is 22.4. The zero-order valence-electron chi connectivity index (χ0n) is 17.4. The Morgan fingerprint density at radius 2 is 1.68 bits per heavy atom. The maximum Gasteiger partial charge on any atom is 0.255 e. The molecule has 0 radical (unpaired) electrons. The minimum atomic E-state index is -0.325. The lowest BCUT2D eigenvalue weighted by Crippen LogP contribution is -2.22. The van der Waals surface area contributed by atoms with Crippen molar-refractivity contribution in [3.8, 4) is 5.75 Å². The molecule has 1 atom stereocenters. The maximum atomic E-state index is 12.5. The molecule has 0 saturated carbocycles. The summed E-state index contributed by atoms with van der Waals surface area (Å²) in [4.78, 5) is 25.8. The second-order valence-corrected chi connectivity index (χ2v) is 8.77. The lowest BCUT2D eigenvalue weighted by molar-refractivity contribution is -0.115. The summed E-state index contributed by atoms with van der Waals surface area (Å²) >= 11 is 7.53. The van der Waals surface area contributed by atoms with Crippen LogP contribution in [0.4, 0.5) is 11.4 Å². The number of ether oxygens (including phenoxy) is 1. The van der Waals surface area contributed by atoms with Gasteiger partial charge in [0, 0.05) is 21.8 Å². The highest BCUT2D eigenvalue weighted by atomic mass is 35.5. The smallest absolute Gasteiger partial charge is 0.255 e. The van der Waals surface area contributed by atoms with E-state index in [1.165, 1.54) is 18.9 Å². The predicted molar refractivity (Wildman–Crippen MR) is 128 cm³/mol. The monoisotopic (exact) mass is 454 g/mol. The van der Waals surface area contributed by atoms with Crippen LogP contribution in [0.15, 0.2) is 71.6 Å². The van der Waals surface area contributed by atoms with E-state index < -0.39 is 0 Å². The number of benzene rings is 3. The van der Waals surface area contributed by atoms with Gasteiger partial charge in [-0.1, -0.05) is 29.3 Å². The van der Waals surface area contributed by atoms with E-state index >= 15 is 0 Å². The summed E-state index contributed by atoms with van der Waals surface area (Å²) in [5.41, 5.74) is 2.95. The molecule has 3 aromatic carbocycles. The van der Waals surface area contributed by atoms with Gasteiger partial charge in [0.1, 0.15) is 5.75 Å². The first-order valence-electron chi connectivity index (χ1n) is 9.65. The molecule has 31 heavy (non-hydrogen) atoms. The molecule has 2 amide bonds. The molecule has 7 heteroatoms. The van der Waals surface area contributed by atoms with Gasteiger partial charge in [-0.25, -0.2) is 0 Å². The van der Waals surface area contributed by atoms with Gasteiger partial charge in [-0.3, -0.25) is 9.59 Å². The molecule has 0 heterocycles. The normalized spacial score (nSPS) is 11.5. The molecule has 3 rings (SSSR count). The van der Waals surface area contributed by atoms with E-state index in [1.807, 2.05) is 56.3 Å². The summed E-state index contributed by atoms with van der Waals surface area (Å²) in [7, 11) is 1.54. The molecule has 0 spiro atoms. The fourth-order valence-corrected chi connectivity index (χ4v) is 3.98. The highest BCUT2D eigenvalue weighted by Gasteiger charge is 2.15. The fraction of sp³-hybridized carbons (Fsp3) is 0.167. The van der Waals surface area contributed by atoms with Crippen molar-refractivity contribution in [1.82, 2.24) is 0 Å². The molecule has 0 aromatic heterocycles. The van der Waals surface area contributed by atoms with Gasteiger partial charge in [0.05, 0.1) is 17.4 Å². The Kier molecular flexibility index (Phi) is 7.60. The summed E-state index contributed by atoms with van der Waals surface area (Å²) in [6.07, 6.45) is 0. The van der Waals surface area contributed by atoms with Crippen molar-refractivity contribution in [2.24, 2.45) is 0 Å². The fourth-order valence-electron chi connectivity index (χ4n) is 2.85. The van der Waals surface area contributed by atoms with E-state index in [1.54, 1.807) is 24.3 Å². The number of carbonyl (C=O) groups excluding carboxylic acids is 2. The summed E-state index contributed by atoms with van der Waals surface area (Å²) in [5.74, 6) is 0.259. The Bertz CT molecular complexity index is 1090. The first kappa shape index (κ1) is 22.7. The van der Waals surface area contributed by atoms with E-state index in [0.717, 1.165) is 10.5 Å². The third-order valence-corrected chi connectivity index (χ3v) is 5.90. The summed E-state index contributed by atoms with van der Waals surface area (Å²) in [6.45, 7) is 3.78. The van der Waals surface area contributed by atoms with Crippen LogP contribution in [0.25, 0.3) is 0 Å². The van der Waals surface area contributed by atoms with E-state index in [4.69, 9.17) is 16.3 Å². The van der Waals surface area contributed by atoms with Crippen LogP contribution in [0.2, 0.25) is 5.02 Å². The van der Waals surface area contributed by atoms with Gasteiger partial charge in [0.15, 0.2) is 0 Å². The number of amides is 2. The van der Waals surface area contributed by atoms with Crippen LogP contribution >= 0.6 is 23.4 Å². The summed E-state index contributed by atoms with van der Waals surface area (Å²) in [5, 5.41) is 5.85. The largest absolute Gasteiger partial charge is 0.495 e. The molecule has 0 bridgehead atoms. The van der Waals surface area contributed by atoms with Crippen LogP contribution in [0.3, 0.4) is 0 Å². The second-order valence-electron chi connectivity index (χ2n) is 6.95. The molecular weight excluding hydrogens is 432 g/mol. The van der Waals surface area contributed by atoms with E-state index in [2.05, 4.69) is 10.6 Å². The molecule has 0 aliphatic heterocycles. The first-order chi connectivity index (χ1) is 14.9. The highest BCUT2D eigenvalue weighted by molar-refractivity contribution is 8.00.